The molecule has 0 saturated carbocycles. The van der Waals surface area contributed by atoms with E-state index in [1.54, 1.807) is 6.92 Å². The fourth-order valence-electron chi connectivity index (χ4n) is 1.43. The van der Waals surface area contributed by atoms with E-state index < -0.39 is 22.8 Å². The Morgan fingerprint density at radius 2 is 2.16 bits per heavy atom. The first-order valence-corrected chi connectivity index (χ1v) is 5.64. The zero-order chi connectivity index (χ0) is 14.6. The fourth-order valence-corrected chi connectivity index (χ4v) is 1.43. The molecule has 19 heavy (non-hydrogen) atoms. The van der Waals surface area contributed by atoms with E-state index in [-0.39, 0.29) is 23.6 Å². The first kappa shape index (κ1) is 14.9. The molecule has 0 spiro atoms. The second kappa shape index (κ2) is 6.12. The molecule has 1 aromatic carbocycles. The van der Waals surface area contributed by atoms with Gasteiger partial charge in [0.1, 0.15) is 0 Å². The van der Waals surface area contributed by atoms with Crippen molar-refractivity contribution in [2.75, 3.05) is 6.61 Å². The van der Waals surface area contributed by atoms with Gasteiger partial charge in [-0.3, -0.25) is 10.1 Å². The fraction of sp³-hybridized carbons (Fsp3) is 0.417. The van der Waals surface area contributed by atoms with Crippen LogP contribution in [0.3, 0.4) is 0 Å². The van der Waals surface area contributed by atoms with Gasteiger partial charge in [0.25, 0.3) is 5.69 Å². The van der Waals surface area contributed by atoms with Gasteiger partial charge in [0.05, 0.1) is 17.6 Å². The van der Waals surface area contributed by atoms with Crippen molar-refractivity contribution in [1.82, 2.24) is 0 Å². The van der Waals surface area contributed by atoms with E-state index in [9.17, 15) is 19.3 Å². The number of hydrogen-bond acceptors (Lipinski definition) is 5. The topological polar surface area (TPSA) is 78.7 Å². The smallest absolute Gasteiger partial charge is 0.347 e. The van der Waals surface area contributed by atoms with E-state index in [2.05, 4.69) is 0 Å². The third-order valence-electron chi connectivity index (χ3n) is 2.37. The molecule has 0 heterocycles. The summed E-state index contributed by atoms with van der Waals surface area (Å²) in [6, 6.07) is 1.95. The maximum absolute atomic E-state index is 13.6. The molecule has 0 radical (unpaired) electrons. The molecule has 1 rings (SSSR count). The maximum Gasteiger partial charge on any atom is 0.347 e. The van der Waals surface area contributed by atoms with Crippen LogP contribution in [0.25, 0.3) is 0 Å². The lowest BCUT2D eigenvalue weighted by atomic mass is 10.2. The van der Waals surface area contributed by atoms with Crippen LogP contribution in [-0.4, -0.2) is 23.6 Å². The monoisotopic (exact) mass is 271 g/mol. The molecule has 0 bridgehead atoms. The number of nitro benzene ring substituents is 1. The van der Waals surface area contributed by atoms with E-state index in [1.807, 2.05) is 0 Å². The van der Waals surface area contributed by atoms with Crippen molar-refractivity contribution in [3.8, 4) is 5.75 Å². The number of esters is 1. The van der Waals surface area contributed by atoms with Gasteiger partial charge in [-0.05, 0) is 26.8 Å². The minimum Gasteiger partial charge on any atom is -0.476 e. The van der Waals surface area contributed by atoms with Gasteiger partial charge in [-0.1, -0.05) is 0 Å². The molecule has 0 fully saturated rings. The average molecular weight is 271 g/mol. The van der Waals surface area contributed by atoms with E-state index >= 15 is 0 Å². The highest BCUT2D eigenvalue weighted by molar-refractivity contribution is 5.74. The zero-order valence-corrected chi connectivity index (χ0v) is 10.8. The zero-order valence-electron chi connectivity index (χ0n) is 10.8. The second-order valence-electron chi connectivity index (χ2n) is 3.84. The van der Waals surface area contributed by atoms with Gasteiger partial charge in [-0.2, -0.15) is 0 Å². The summed E-state index contributed by atoms with van der Waals surface area (Å²) in [5, 5.41) is 10.6. The summed E-state index contributed by atoms with van der Waals surface area (Å²) in [5.41, 5.74) is -0.0916. The summed E-state index contributed by atoms with van der Waals surface area (Å²) in [6.45, 7) is 4.70. The quantitative estimate of drug-likeness (QED) is 0.466. The van der Waals surface area contributed by atoms with Crippen LogP contribution in [0.5, 0.6) is 5.75 Å². The molecular weight excluding hydrogens is 257 g/mol. The van der Waals surface area contributed by atoms with Gasteiger partial charge in [0, 0.05) is 5.56 Å². The number of nitrogens with zero attached hydrogens (tertiary/aromatic N) is 1. The number of ether oxygens (including phenoxy) is 2. The van der Waals surface area contributed by atoms with Crippen LogP contribution in [0, 0.1) is 22.9 Å². The summed E-state index contributed by atoms with van der Waals surface area (Å²) >= 11 is 0. The molecule has 104 valence electrons. The van der Waals surface area contributed by atoms with Gasteiger partial charge >= 0.3 is 5.97 Å². The summed E-state index contributed by atoms with van der Waals surface area (Å²) in [5.74, 6) is -1.74. The molecule has 0 N–H and O–H groups in total. The Balaban J connectivity index is 2.94. The van der Waals surface area contributed by atoms with Crippen LogP contribution >= 0.6 is 0 Å². The van der Waals surface area contributed by atoms with Crippen molar-refractivity contribution in [3.63, 3.8) is 0 Å². The largest absolute Gasteiger partial charge is 0.476 e. The standard InChI is InChI=1S/C12H14FNO5/c1-4-18-12(15)8(3)19-11-5-7(2)10(14(16)17)6-9(11)13/h5-6,8H,4H2,1-3H3. The molecule has 0 saturated heterocycles. The first-order chi connectivity index (χ1) is 8.86. The lowest BCUT2D eigenvalue weighted by Gasteiger charge is -2.14. The van der Waals surface area contributed by atoms with Crippen molar-refractivity contribution in [2.24, 2.45) is 0 Å². The predicted octanol–water partition coefficient (Wildman–Crippen LogP) is 2.37. The normalized spacial score (nSPS) is 11.8. The molecule has 0 aliphatic carbocycles. The summed E-state index contributed by atoms with van der Waals surface area (Å²) in [7, 11) is 0. The third-order valence-corrected chi connectivity index (χ3v) is 2.37. The molecule has 0 amide bonds. The average Bonchev–Trinajstić information content (AvgIpc) is 2.33. The molecule has 1 atom stereocenters. The number of rotatable bonds is 5. The van der Waals surface area contributed by atoms with Gasteiger partial charge in [-0.15, -0.1) is 0 Å². The number of carbonyl (C=O) groups is 1. The molecule has 0 aromatic heterocycles. The van der Waals surface area contributed by atoms with Crippen molar-refractivity contribution in [3.05, 3.63) is 33.6 Å². The highest BCUT2D eigenvalue weighted by atomic mass is 19.1. The Morgan fingerprint density at radius 3 is 2.68 bits per heavy atom. The summed E-state index contributed by atoms with van der Waals surface area (Å²) < 4.78 is 23.4. The lowest BCUT2D eigenvalue weighted by molar-refractivity contribution is -0.385. The Morgan fingerprint density at radius 1 is 1.53 bits per heavy atom. The van der Waals surface area contributed by atoms with Crippen LogP contribution in [0.15, 0.2) is 12.1 Å². The van der Waals surface area contributed by atoms with Crippen LogP contribution in [0.1, 0.15) is 19.4 Å². The Kier molecular flexibility index (Phi) is 4.80. The minimum absolute atomic E-state index is 0.189. The van der Waals surface area contributed by atoms with Crippen LogP contribution in [-0.2, 0) is 9.53 Å². The molecular formula is C12H14FNO5. The van der Waals surface area contributed by atoms with Crippen molar-refractivity contribution < 1.29 is 23.6 Å². The number of halogens is 1. The number of carbonyl (C=O) groups excluding carboxylic acids is 1. The van der Waals surface area contributed by atoms with Crippen molar-refractivity contribution >= 4 is 11.7 Å². The first-order valence-electron chi connectivity index (χ1n) is 5.64. The minimum atomic E-state index is -0.990. The van der Waals surface area contributed by atoms with E-state index in [0.29, 0.717) is 0 Å². The van der Waals surface area contributed by atoms with E-state index in [1.165, 1.54) is 19.9 Å². The van der Waals surface area contributed by atoms with Gasteiger partial charge in [0.15, 0.2) is 17.7 Å². The molecule has 0 aliphatic rings. The number of hydrogen-bond donors (Lipinski definition) is 0. The molecule has 0 aliphatic heterocycles. The van der Waals surface area contributed by atoms with Gasteiger partial charge in [-0.25, -0.2) is 9.18 Å². The van der Waals surface area contributed by atoms with Crippen molar-refractivity contribution in [1.29, 1.82) is 0 Å². The van der Waals surface area contributed by atoms with Gasteiger partial charge in [0.2, 0.25) is 0 Å². The SMILES string of the molecule is CCOC(=O)C(C)Oc1cc(C)c([N+](=O)[O-])cc1F. The van der Waals surface area contributed by atoms with Crippen LogP contribution in [0.4, 0.5) is 10.1 Å². The molecule has 7 heteroatoms. The van der Waals surface area contributed by atoms with E-state index in [4.69, 9.17) is 9.47 Å². The third kappa shape index (κ3) is 3.64. The summed E-state index contributed by atoms with van der Waals surface area (Å²) in [4.78, 5) is 21.3. The highest BCUT2D eigenvalue weighted by Gasteiger charge is 2.21. The number of benzene rings is 1. The predicted molar refractivity (Wildman–Crippen MR) is 64.5 cm³/mol. The summed E-state index contributed by atoms with van der Waals surface area (Å²) in [6.07, 6.45) is -0.990. The number of nitro groups is 1. The Bertz CT molecular complexity index is 503. The molecule has 1 unspecified atom stereocenters. The molecule has 1 aromatic rings. The van der Waals surface area contributed by atoms with Crippen LogP contribution in [0.2, 0.25) is 0 Å². The maximum atomic E-state index is 13.6. The number of aryl methyl sites for hydroxylation is 1. The Hall–Kier alpha value is -2.18. The second-order valence-corrected chi connectivity index (χ2v) is 3.84. The van der Waals surface area contributed by atoms with Crippen LogP contribution < -0.4 is 4.74 Å². The van der Waals surface area contributed by atoms with E-state index in [0.717, 1.165) is 6.07 Å². The molecule has 6 nitrogen and oxygen atoms in total. The van der Waals surface area contributed by atoms with Gasteiger partial charge < -0.3 is 9.47 Å². The Labute approximate surface area is 109 Å². The lowest BCUT2D eigenvalue weighted by Crippen LogP contribution is -2.26. The highest BCUT2D eigenvalue weighted by Crippen LogP contribution is 2.27. The van der Waals surface area contributed by atoms with Crippen molar-refractivity contribution in [2.45, 2.75) is 26.9 Å².